The maximum atomic E-state index is 11.8. The van der Waals surface area contributed by atoms with Gasteiger partial charge in [-0.1, -0.05) is 101 Å². The molecule has 0 atom stereocenters. The van der Waals surface area contributed by atoms with E-state index in [-0.39, 0.29) is 5.78 Å². The predicted octanol–water partition coefficient (Wildman–Crippen LogP) is 5.10. The molecule has 172 valence electrons. The number of carbonyl (C=O) groups excluding carboxylic acids is 1. The second-order valence-corrected chi connectivity index (χ2v) is 5.40. The van der Waals surface area contributed by atoms with Gasteiger partial charge in [-0.15, -0.1) is 0 Å². The molecule has 0 aromatic heterocycles. The fraction of sp³-hybridized carbons (Fsp3) is 0.120. The molecule has 0 saturated heterocycles. The van der Waals surface area contributed by atoms with Crippen molar-refractivity contribution in [2.45, 2.75) is 20.3 Å². The van der Waals surface area contributed by atoms with E-state index in [9.17, 15) is 19.2 Å². The number of aliphatic carboxylic acids is 3. The lowest BCUT2D eigenvalue weighted by atomic mass is 10.0. The van der Waals surface area contributed by atoms with Crippen molar-refractivity contribution in [1.82, 2.24) is 0 Å². The average Bonchev–Trinajstić information content (AvgIpc) is 2.81. The first-order chi connectivity index (χ1) is 15.1. The van der Waals surface area contributed by atoms with Crippen LogP contribution in [0.4, 0.5) is 0 Å². The molecule has 0 saturated carbocycles. The van der Waals surface area contributed by atoms with Gasteiger partial charge in [-0.2, -0.15) is 0 Å². The van der Waals surface area contributed by atoms with Gasteiger partial charge in [0.05, 0.1) is 0 Å². The number of benzene rings is 2. The molecule has 7 heteroatoms. The normalized spacial score (nSPS) is 7.81. The minimum absolute atomic E-state index is 0.0752. The molecule has 0 fully saturated rings. The summed E-state index contributed by atoms with van der Waals surface area (Å²) >= 11 is 0. The molecular formula is C25H30O7. The van der Waals surface area contributed by atoms with Crippen LogP contribution in [-0.2, 0) is 14.4 Å². The van der Waals surface area contributed by atoms with E-state index in [1.165, 1.54) is 6.42 Å². The van der Waals surface area contributed by atoms with Gasteiger partial charge in [-0.05, 0) is 0 Å². The Labute approximate surface area is 188 Å². The molecule has 2 rings (SSSR count). The molecule has 0 amide bonds. The van der Waals surface area contributed by atoms with Crippen molar-refractivity contribution in [3.63, 3.8) is 0 Å². The highest BCUT2D eigenvalue weighted by atomic mass is 16.4. The molecule has 2 aromatic carbocycles. The maximum absolute atomic E-state index is 11.8. The van der Waals surface area contributed by atoms with Gasteiger partial charge in [0.1, 0.15) is 0 Å². The third-order valence-corrected chi connectivity index (χ3v) is 2.60. The van der Waals surface area contributed by atoms with Crippen LogP contribution >= 0.6 is 0 Å². The molecule has 3 N–H and O–H groups in total. The zero-order valence-electron chi connectivity index (χ0n) is 18.3. The van der Waals surface area contributed by atoms with Crippen molar-refractivity contribution in [2.24, 2.45) is 0 Å². The summed E-state index contributed by atoms with van der Waals surface area (Å²) in [5.41, 5.74) is 1.47. The van der Waals surface area contributed by atoms with Crippen molar-refractivity contribution in [3.8, 4) is 0 Å². The molecule has 0 spiro atoms. The Kier molecular flexibility index (Phi) is 23.3. The van der Waals surface area contributed by atoms with E-state index in [4.69, 9.17) is 15.3 Å². The number of rotatable bonds is 5. The Morgan fingerprint density at radius 1 is 0.625 bits per heavy atom. The zero-order valence-corrected chi connectivity index (χ0v) is 18.3. The first-order valence-corrected chi connectivity index (χ1v) is 9.31. The summed E-state index contributed by atoms with van der Waals surface area (Å²) < 4.78 is 0. The third-order valence-electron chi connectivity index (χ3n) is 2.60. The maximum Gasteiger partial charge on any atom is 0.327 e. The number of carboxylic acids is 3. The fourth-order valence-electron chi connectivity index (χ4n) is 1.35. The Morgan fingerprint density at radius 2 is 0.812 bits per heavy atom. The van der Waals surface area contributed by atoms with E-state index < -0.39 is 17.9 Å². The first-order valence-electron chi connectivity index (χ1n) is 9.31. The molecule has 0 radical (unpaired) electrons. The van der Waals surface area contributed by atoms with Gasteiger partial charge in [-0.25, -0.2) is 14.4 Å². The van der Waals surface area contributed by atoms with Crippen LogP contribution in [0.5, 0.6) is 0 Å². The van der Waals surface area contributed by atoms with Crippen LogP contribution in [0.1, 0.15) is 36.2 Å². The average molecular weight is 443 g/mol. The Balaban J connectivity index is -0.000000391. The van der Waals surface area contributed by atoms with Crippen molar-refractivity contribution in [2.75, 3.05) is 0 Å². The molecule has 0 unspecified atom stereocenters. The fourth-order valence-corrected chi connectivity index (χ4v) is 1.35. The molecule has 0 aliphatic carbocycles. The minimum Gasteiger partial charge on any atom is -0.478 e. The van der Waals surface area contributed by atoms with Crippen molar-refractivity contribution in [1.29, 1.82) is 0 Å². The molecule has 0 heterocycles. The molecular weight excluding hydrogens is 412 g/mol. The third kappa shape index (κ3) is 23.8. The molecule has 0 bridgehead atoms. The minimum atomic E-state index is -0.981. The highest BCUT2D eigenvalue weighted by molar-refractivity contribution is 6.08. The van der Waals surface area contributed by atoms with Crippen molar-refractivity contribution in [3.05, 3.63) is 110 Å². The van der Waals surface area contributed by atoms with Crippen LogP contribution < -0.4 is 0 Å². The van der Waals surface area contributed by atoms with E-state index in [0.29, 0.717) is 0 Å². The lowest BCUT2D eigenvalue weighted by Gasteiger charge is -1.99. The molecule has 7 nitrogen and oxygen atoms in total. The number of hydrogen-bond acceptors (Lipinski definition) is 4. The summed E-state index contributed by atoms with van der Waals surface area (Å²) in [5.74, 6) is -2.87. The van der Waals surface area contributed by atoms with Crippen LogP contribution in [0.25, 0.3) is 0 Å². The number of carbonyl (C=O) groups is 4. The van der Waals surface area contributed by atoms with E-state index in [0.717, 1.165) is 29.4 Å². The molecule has 32 heavy (non-hydrogen) atoms. The smallest absolute Gasteiger partial charge is 0.327 e. The molecule has 0 aliphatic heterocycles. The predicted molar refractivity (Wildman–Crippen MR) is 126 cm³/mol. The van der Waals surface area contributed by atoms with Crippen LogP contribution in [0.3, 0.4) is 0 Å². The van der Waals surface area contributed by atoms with Gasteiger partial charge in [-0.3, -0.25) is 4.79 Å². The highest BCUT2D eigenvalue weighted by Gasteiger charge is 2.06. The Bertz CT molecular complexity index is 742. The van der Waals surface area contributed by atoms with E-state index in [1.54, 1.807) is 0 Å². The number of ketones is 1. The zero-order chi connectivity index (χ0) is 25.4. The molecule has 0 aliphatic rings. The quantitative estimate of drug-likeness (QED) is 0.434. The number of carboxylic acid groups (broad SMARTS) is 3. The van der Waals surface area contributed by atoms with Crippen LogP contribution in [0.2, 0.25) is 0 Å². The van der Waals surface area contributed by atoms with Gasteiger partial charge in [0.25, 0.3) is 0 Å². The van der Waals surface area contributed by atoms with E-state index >= 15 is 0 Å². The van der Waals surface area contributed by atoms with Gasteiger partial charge < -0.3 is 15.3 Å². The summed E-state index contributed by atoms with van der Waals surface area (Å²) in [7, 11) is 0. The van der Waals surface area contributed by atoms with Crippen LogP contribution in [-0.4, -0.2) is 39.0 Å². The second kappa shape index (κ2) is 23.0. The van der Waals surface area contributed by atoms with Gasteiger partial charge in [0.2, 0.25) is 0 Å². The summed E-state index contributed by atoms with van der Waals surface area (Å²) in [4.78, 5) is 39.6. The first kappa shape index (κ1) is 32.4. The SMILES string of the molecule is C=CC(=O)O.C=CC(=O)O.C=CC(=O)O.CCC.O=C(c1ccccc1)c1ccccc1. The van der Waals surface area contributed by atoms with Gasteiger partial charge >= 0.3 is 17.9 Å². The largest absolute Gasteiger partial charge is 0.478 e. The Hall–Kier alpha value is -4.26. The van der Waals surface area contributed by atoms with Crippen molar-refractivity contribution >= 4 is 23.7 Å². The summed E-state index contributed by atoms with van der Waals surface area (Å²) in [6.45, 7) is 13.1. The summed E-state index contributed by atoms with van der Waals surface area (Å²) in [6.07, 6.45) is 3.75. The Morgan fingerprint density at radius 3 is 0.969 bits per heavy atom. The monoisotopic (exact) mass is 442 g/mol. The topological polar surface area (TPSA) is 129 Å². The lowest BCUT2D eigenvalue weighted by molar-refractivity contribution is -0.132. The van der Waals surface area contributed by atoms with Gasteiger partial charge in [0, 0.05) is 29.4 Å². The second-order valence-electron chi connectivity index (χ2n) is 5.40. The van der Waals surface area contributed by atoms with Crippen LogP contribution in [0, 0.1) is 0 Å². The highest BCUT2D eigenvalue weighted by Crippen LogP contribution is 2.08. The standard InChI is InChI=1S/C13H10O.3C3H4O2.C3H8/c14-13(11-7-3-1-4-8-11)12-9-5-2-6-10-12;3*1-2-3(4)5;1-3-2/h1-10H;3*2H,1H2,(H,4,5);3H2,1-2H3. The number of hydrogen-bond donors (Lipinski definition) is 3. The summed E-state index contributed by atoms with van der Waals surface area (Å²) in [6, 6.07) is 18.6. The lowest BCUT2D eigenvalue weighted by Crippen LogP contribution is -1.99. The molecule has 2 aromatic rings. The van der Waals surface area contributed by atoms with E-state index in [2.05, 4.69) is 33.6 Å². The summed E-state index contributed by atoms with van der Waals surface area (Å²) in [5, 5.41) is 22.8. The van der Waals surface area contributed by atoms with Crippen molar-refractivity contribution < 1.29 is 34.5 Å². The van der Waals surface area contributed by atoms with Gasteiger partial charge in [0.15, 0.2) is 5.78 Å². The van der Waals surface area contributed by atoms with E-state index in [1.807, 2.05) is 60.7 Å². The van der Waals surface area contributed by atoms with Crippen LogP contribution in [0.15, 0.2) is 98.6 Å².